The Morgan fingerprint density at radius 2 is 1.25 bits per heavy atom. The van der Waals surface area contributed by atoms with Crippen LogP contribution in [0.25, 0.3) is 0 Å². The third-order valence-corrected chi connectivity index (χ3v) is 0. The molecule has 0 aromatic carbocycles. The summed E-state index contributed by atoms with van der Waals surface area (Å²) in [6.07, 6.45) is 0. The van der Waals surface area contributed by atoms with Gasteiger partial charge in [-0.15, -0.1) is 0 Å². The van der Waals surface area contributed by atoms with E-state index in [1.165, 1.54) is 0 Å². The van der Waals surface area contributed by atoms with Crippen LogP contribution in [0.15, 0.2) is 0 Å². The van der Waals surface area contributed by atoms with Crippen LogP contribution in [0, 0.1) is 0 Å². The summed E-state index contributed by atoms with van der Waals surface area (Å²) in [4.78, 5) is 0. The van der Waals surface area contributed by atoms with Crippen molar-refractivity contribution in [3.05, 3.63) is 0 Å². The summed E-state index contributed by atoms with van der Waals surface area (Å²) in [5.41, 5.74) is 0. The molecule has 0 heterocycles. The van der Waals surface area contributed by atoms with Crippen molar-refractivity contribution in [2.75, 3.05) is 0 Å². The van der Waals surface area contributed by atoms with Crippen LogP contribution in [0.4, 0.5) is 0 Å². The minimum Gasteiger partial charge on any atom is -1.00 e. The van der Waals surface area contributed by atoms with Crippen LogP contribution in [0.1, 0.15) is 0 Å². The van der Waals surface area contributed by atoms with Gasteiger partial charge in [0, 0.05) is 21.5 Å². The maximum atomic E-state index is 4.61. The Bertz CT molecular complexity index is 6.00. The van der Waals surface area contributed by atoms with Crippen molar-refractivity contribution in [3.63, 3.8) is 0 Å². The zero-order valence-corrected chi connectivity index (χ0v) is 7.80. The van der Waals surface area contributed by atoms with Gasteiger partial charge in [0.05, 0.1) is 0 Å². The van der Waals surface area contributed by atoms with E-state index in [0.717, 1.165) is 0 Å². The van der Waals surface area contributed by atoms with E-state index in [9.17, 15) is 0 Å². The maximum Gasteiger partial charge on any atom is 1.00 e. The van der Waals surface area contributed by atoms with E-state index in [1.807, 2.05) is 0 Å². The molecule has 0 N–H and O–H groups in total. The van der Waals surface area contributed by atoms with Gasteiger partial charge < -0.3 is 12.4 Å². The molecule has 4 heavy (non-hydrogen) atoms. The third-order valence-electron chi connectivity index (χ3n) is 0. The number of hydrogen-bond donors (Lipinski definition) is 0. The van der Waals surface area contributed by atoms with Gasteiger partial charge in [0.1, 0.15) is 0 Å². The number of hydrogen-bond acceptors (Lipinski definition) is 0. The summed E-state index contributed by atoms with van der Waals surface area (Å²) in [7, 11) is 4.61. The zero-order chi connectivity index (χ0) is 2.00. The van der Waals surface area contributed by atoms with Gasteiger partial charge in [0.15, 0.2) is 0 Å². The molecule has 0 aliphatic heterocycles. The van der Waals surface area contributed by atoms with Crippen LogP contribution >= 0.6 is 30.4 Å². The predicted octanol–water partition coefficient (Wildman–Crippen LogP) is -4.42. The third kappa shape index (κ3) is 8.85. The molecule has 0 aliphatic rings. The molecule has 0 aliphatic carbocycles. The zero-order valence-electron chi connectivity index (χ0n) is 2.13. The Morgan fingerprint density at radius 1 is 1.25 bits per heavy atom. The second kappa shape index (κ2) is 18.5. The van der Waals surface area contributed by atoms with E-state index >= 15 is 0 Å². The summed E-state index contributed by atoms with van der Waals surface area (Å²) in [6, 6.07) is 0. The van der Waals surface area contributed by atoms with Gasteiger partial charge in [-0.2, -0.15) is 0 Å². The number of halogens is 3. The Morgan fingerprint density at radius 3 is 1.25 bits per heavy atom. The molecule has 0 nitrogen and oxygen atoms in total. The summed E-state index contributed by atoms with van der Waals surface area (Å²) in [6.45, 7) is 0. The van der Waals surface area contributed by atoms with Gasteiger partial charge in [-0.05, 0) is 8.91 Å². The quantitative estimate of drug-likeness (QED) is 0.286. The van der Waals surface area contributed by atoms with Gasteiger partial charge in [-0.3, -0.25) is 0 Å². The van der Waals surface area contributed by atoms with Crippen molar-refractivity contribution in [1.29, 1.82) is 0 Å². The maximum absolute atomic E-state index is 4.61. The van der Waals surface area contributed by atoms with Gasteiger partial charge in [0.25, 0.3) is 0 Å². The summed E-state index contributed by atoms with van der Waals surface area (Å²) < 4.78 is 0. The molecule has 0 saturated carbocycles. The van der Waals surface area contributed by atoms with Crippen LogP contribution in [-0.2, 0) is 0 Å². The first-order chi connectivity index (χ1) is 1.00. The minimum atomic E-state index is 0. The summed E-state index contributed by atoms with van der Waals surface area (Å²) >= 11 is 1.62. The number of rotatable bonds is 0. The van der Waals surface area contributed by atoms with E-state index in [-0.39, 0.29) is 42.0 Å². The Balaban J connectivity index is -0.00000000500. The fourth-order valence-electron chi connectivity index (χ4n) is 0. The SMILES string of the molecule is ClI.[Cl-].[Na+]. The molecule has 0 aromatic rings. The molecule has 0 spiro atoms. The standard InChI is InChI=1S/ClI.ClH.Na/c1-2;;/h;1H;/q;;+1/p-1. The molecule has 0 amide bonds. The first-order valence-corrected chi connectivity index (χ1v) is 2.87. The predicted molar refractivity (Wildman–Crippen MR) is 19.9 cm³/mol. The van der Waals surface area contributed by atoms with E-state index < -0.39 is 0 Å². The fourth-order valence-corrected chi connectivity index (χ4v) is 0. The molecule has 0 atom stereocenters. The molecule has 0 saturated heterocycles. The van der Waals surface area contributed by atoms with Gasteiger partial charge >= 0.3 is 29.6 Å². The fraction of sp³-hybridized carbons (Fsp3) is 0. The molecule has 0 fully saturated rings. The molecule has 4 heteroatoms. The molecule has 22 valence electrons. The Kier molecular flexibility index (Phi) is 75.0. The molecule has 0 radical (unpaired) electrons. The Labute approximate surface area is 71.2 Å². The van der Waals surface area contributed by atoms with Gasteiger partial charge in [-0.1, -0.05) is 0 Å². The van der Waals surface area contributed by atoms with Crippen LogP contribution in [0.3, 0.4) is 0 Å². The van der Waals surface area contributed by atoms with Crippen molar-refractivity contribution < 1.29 is 42.0 Å². The van der Waals surface area contributed by atoms with Crippen LogP contribution in [-0.4, -0.2) is 0 Å². The van der Waals surface area contributed by atoms with Crippen LogP contribution in [0.5, 0.6) is 0 Å². The van der Waals surface area contributed by atoms with E-state index in [1.54, 1.807) is 21.5 Å². The first-order valence-electron chi connectivity index (χ1n) is 0.143. The molecule has 0 bridgehead atoms. The van der Waals surface area contributed by atoms with Crippen molar-refractivity contribution in [2.45, 2.75) is 0 Å². The van der Waals surface area contributed by atoms with Crippen molar-refractivity contribution in [1.82, 2.24) is 0 Å². The molecular formula is Cl2INa. The molecule has 0 unspecified atom stereocenters. The van der Waals surface area contributed by atoms with E-state index in [2.05, 4.69) is 8.91 Å². The smallest absolute Gasteiger partial charge is 1.00 e. The second-order valence-electron chi connectivity index (χ2n) is 0. The van der Waals surface area contributed by atoms with Gasteiger partial charge in [-0.25, -0.2) is 0 Å². The van der Waals surface area contributed by atoms with Gasteiger partial charge in [0.2, 0.25) is 0 Å². The van der Waals surface area contributed by atoms with Crippen molar-refractivity contribution in [3.8, 4) is 0 Å². The van der Waals surface area contributed by atoms with Crippen LogP contribution < -0.4 is 42.0 Å². The van der Waals surface area contributed by atoms with Crippen LogP contribution in [0.2, 0.25) is 0 Å². The topological polar surface area (TPSA) is 0 Å². The average Bonchev–Trinajstić information content (AvgIpc) is 1.00. The van der Waals surface area contributed by atoms with Crippen molar-refractivity contribution >= 4 is 30.4 Å². The largest absolute Gasteiger partial charge is 1.00 e. The molecule has 0 aromatic heterocycles. The summed E-state index contributed by atoms with van der Waals surface area (Å²) in [5.74, 6) is 0. The Hall–Kier alpha value is 2.31. The molecule has 0 rings (SSSR count). The summed E-state index contributed by atoms with van der Waals surface area (Å²) in [5, 5.41) is 0. The van der Waals surface area contributed by atoms with E-state index in [0.29, 0.717) is 0 Å². The van der Waals surface area contributed by atoms with Crippen molar-refractivity contribution in [2.24, 2.45) is 0 Å². The normalized spacial score (nSPS) is 1.50. The monoisotopic (exact) mass is 220 g/mol. The van der Waals surface area contributed by atoms with E-state index in [4.69, 9.17) is 0 Å². The first kappa shape index (κ1) is 16.2. The minimum absolute atomic E-state index is 0. The molecular weight excluding hydrogens is 221 g/mol. The second-order valence-corrected chi connectivity index (χ2v) is 0. The average molecular weight is 221 g/mol.